The third kappa shape index (κ3) is 3.27. The third-order valence-corrected chi connectivity index (χ3v) is 5.14. The summed E-state index contributed by atoms with van der Waals surface area (Å²) in [5.41, 5.74) is -1.54. The lowest BCUT2D eigenvalue weighted by Gasteiger charge is -2.37. The Hall–Kier alpha value is -1.63. The van der Waals surface area contributed by atoms with Crippen LogP contribution in [0.5, 0.6) is 0 Å². The highest BCUT2D eigenvalue weighted by Crippen LogP contribution is 2.37. The van der Waals surface area contributed by atoms with E-state index in [4.69, 9.17) is 0 Å². The number of aliphatic hydroxyl groups excluding tert-OH is 1. The van der Waals surface area contributed by atoms with Crippen LogP contribution in [0, 0.1) is 5.92 Å². The molecule has 1 aliphatic heterocycles. The fourth-order valence-corrected chi connectivity index (χ4v) is 4.04. The van der Waals surface area contributed by atoms with Gasteiger partial charge in [-0.15, -0.1) is 0 Å². The van der Waals surface area contributed by atoms with Crippen molar-refractivity contribution in [3.8, 4) is 0 Å². The maximum absolute atomic E-state index is 13.1. The normalized spacial score (nSPS) is 28.2. The van der Waals surface area contributed by atoms with Gasteiger partial charge in [-0.2, -0.15) is 13.2 Å². The number of pyridine rings is 1. The lowest BCUT2D eigenvalue weighted by Crippen LogP contribution is -2.45. The van der Waals surface area contributed by atoms with Crippen molar-refractivity contribution in [3.05, 3.63) is 29.6 Å². The fraction of sp³-hybridized carbons (Fsp3) is 0.647. The highest BCUT2D eigenvalue weighted by atomic mass is 19.4. The van der Waals surface area contributed by atoms with Crippen LogP contribution in [-0.2, 0) is 6.18 Å². The molecule has 0 spiro atoms. The SMILES string of the molecule is O=C(c1cccnc1C(F)(F)F)N1CCC[C@@H]1[C@@H]1CCCC[C@H]1O. The molecule has 2 fully saturated rings. The van der Waals surface area contributed by atoms with Crippen LogP contribution < -0.4 is 0 Å². The molecule has 24 heavy (non-hydrogen) atoms. The first-order valence-corrected chi connectivity index (χ1v) is 8.41. The number of aromatic nitrogens is 1. The van der Waals surface area contributed by atoms with E-state index in [0.29, 0.717) is 13.0 Å². The second kappa shape index (κ2) is 6.70. The lowest BCUT2D eigenvalue weighted by atomic mass is 9.80. The van der Waals surface area contributed by atoms with Crippen LogP contribution in [-0.4, -0.2) is 39.6 Å². The first kappa shape index (κ1) is 17.2. The number of aliphatic hydroxyl groups is 1. The van der Waals surface area contributed by atoms with E-state index in [1.807, 2.05) is 0 Å². The van der Waals surface area contributed by atoms with Crippen molar-refractivity contribution in [3.63, 3.8) is 0 Å². The van der Waals surface area contributed by atoms with E-state index in [2.05, 4.69) is 4.98 Å². The maximum atomic E-state index is 13.1. The zero-order chi connectivity index (χ0) is 17.3. The van der Waals surface area contributed by atoms with Crippen LogP contribution in [0.15, 0.2) is 18.3 Å². The van der Waals surface area contributed by atoms with Gasteiger partial charge in [0.2, 0.25) is 0 Å². The summed E-state index contributed by atoms with van der Waals surface area (Å²) in [4.78, 5) is 17.7. The van der Waals surface area contributed by atoms with Gasteiger partial charge >= 0.3 is 6.18 Å². The number of hydrogen-bond donors (Lipinski definition) is 1. The van der Waals surface area contributed by atoms with E-state index in [0.717, 1.165) is 38.3 Å². The molecule has 132 valence electrons. The highest BCUT2D eigenvalue weighted by Gasteiger charge is 2.42. The molecule has 3 rings (SSSR count). The maximum Gasteiger partial charge on any atom is 0.434 e. The minimum atomic E-state index is -4.66. The molecular formula is C17H21F3N2O2. The highest BCUT2D eigenvalue weighted by molar-refractivity contribution is 5.95. The molecule has 1 aromatic rings. The third-order valence-electron chi connectivity index (χ3n) is 5.14. The molecule has 2 heterocycles. The second-order valence-corrected chi connectivity index (χ2v) is 6.62. The number of rotatable bonds is 2. The van der Waals surface area contributed by atoms with Gasteiger partial charge in [0.05, 0.1) is 11.7 Å². The van der Waals surface area contributed by atoms with Crippen molar-refractivity contribution in [2.24, 2.45) is 5.92 Å². The summed E-state index contributed by atoms with van der Waals surface area (Å²) < 4.78 is 39.4. The van der Waals surface area contributed by atoms with Gasteiger partial charge in [-0.1, -0.05) is 12.8 Å². The molecule has 1 saturated carbocycles. The molecule has 1 aliphatic carbocycles. The average molecular weight is 342 g/mol. The van der Waals surface area contributed by atoms with Crippen LogP contribution in [0.2, 0.25) is 0 Å². The van der Waals surface area contributed by atoms with Gasteiger partial charge in [0.25, 0.3) is 5.91 Å². The van der Waals surface area contributed by atoms with E-state index in [9.17, 15) is 23.1 Å². The van der Waals surface area contributed by atoms with Crippen LogP contribution in [0.1, 0.15) is 54.6 Å². The number of amides is 1. The smallest absolute Gasteiger partial charge is 0.393 e. The predicted molar refractivity (Wildman–Crippen MR) is 81.3 cm³/mol. The van der Waals surface area contributed by atoms with Gasteiger partial charge in [0.15, 0.2) is 5.69 Å². The molecule has 1 amide bonds. The molecule has 1 N–H and O–H groups in total. The molecule has 2 aliphatic rings. The predicted octanol–water partition coefficient (Wildman–Crippen LogP) is 3.26. The summed E-state index contributed by atoms with van der Waals surface area (Å²) >= 11 is 0. The van der Waals surface area contributed by atoms with Gasteiger partial charge in [-0.05, 0) is 37.8 Å². The monoisotopic (exact) mass is 342 g/mol. The Labute approximate surface area is 138 Å². The Bertz CT molecular complexity index is 606. The Balaban J connectivity index is 1.87. The molecule has 1 saturated heterocycles. The van der Waals surface area contributed by atoms with Crippen molar-refractivity contribution < 1.29 is 23.1 Å². The molecule has 7 heteroatoms. The summed E-state index contributed by atoms with van der Waals surface area (Å²) in [6, 6.07) is 2.35. The van der Waals surface area contributed by atoms with E-state index >= 15 is 0 Å². The van der Waals surface area contributed by atoms with Crippen molar-refractivity contribution in [2.45, 2.75) is 56.8 Å². The number of carbonyl (C=O) groups excluding carboxylic acids is 1. The quantitative estimate of drug-likeness (QED) is 0.898. The van der Waals surface area contributed by atoms with E-state index in [1.54, 1.807) is 0 Å². The van der Waals surface area contributed by atoms with Gasteiger partial charge in [-0.3, -0.25) is 9.78 Å². The minimum absolute atomic E-state index is 0.0452. The average Bonchev–Trinajstić information content (AvgIpc) is 3.03. The first-order valence-electron chi connectivity index (χ1n) is 8.41. The second-order valence-electron chi connectivity index (χ2n) is 6.62. The summed E-state index contributed by atoms with van der Waals surface area (Å²) in [7, 11) is 0. The van der Waals surface area contributed by atoms with Crippen LogP contribution >= 0.6 is 0 Å². The van der Waals surface area contributed by atoms with Crippen molar-refractivity contribution in [1.29, 1.82) is 0 Å². The van der Waals surface area contributed by atoms with Gasteiger partial charge in [-0.25, -0.2) is 0 Å². The standard InChI is InChI=1S/C17H21F3N2O2/c18-17(19,20)15-12(6-3-9-21-15)16(24)22-10-4-7-13(22)11-5-1-2-8-14(11)23/h3,6,9,11,13-14,23H,1-2,4-5,7-8,10H2/t11-,13+,14+/m0/s1. The van der Waals surface area contributed by atoms with E-state index in [-0.39, 0.29) is 12.0 Å². The zero-order valence-corrected chi connectivity index (χ0v) is 13.3. The zero-order valence-electron chi connectivity index (χ0n) is 13.3. The van der Waals surface area contributed by atoms with E-state index in [1.165, 1.54) is 17.0 Å². The van der Waals surface area contributed by atoms with Gasteiger partial charge in [0.1, 0.15) is 0 Å². The first-order chi connectivity index (χ1) is 11.4. The largest absolute Gasteiger partial charge is 0.434 e. The molecule has 1 aromatic heterocycles. The molecule has 3 atom stereocenters. The molecule has 0 unspecified atom stereocenters. The van der Waals surface area contributed by atoms with Crippen molar-refractivity contribution >= 4 is 5.91 Å². The molecular weight excluding hydrogens is 321 g/mol. The topological polar surface area (TPSA) is 53.4 Å². The number of hydrogen-bond acceptors (Lipinski definition) is 3. The van der Waals surface area contributed by atoms with Gasteiger partial charge < -0.3 is 10.0 Å². The number of halogens is 3. The molecule has 0 radical (unpaired) electrons. The van der Waals surface area contributed by atoms with Gasteiger partial charge in [0, 0.05) is 24.7 Å². The Morgan fingerprint density at radius 2 is 1.96 bits per heavy atom. The lowest BCUT2D eigenvalue weighted by molar-refractivity contribution is -0.141. The Morgan fingerprint density at radius 3 is 2.67 bits per heavy atom. The van der Waals surface area contributed by atoms with E-state index < -0.39 is 29.4 Å². The molecule has 4 nitrogen and oxygen atoms in total. The minimum Gasteiger partial charge on any atom is -0.393 e. The molecule has 0 bridgehead atoms. The Kier molecular flexibility index (Phi) is 4.80. The van der Waals surface area contributed by atoms with Crippen LogP contribution in [0.3, 0.4) is 0 Å². The Morgan fingerprint density at radius 1 is 1.21 bits per heavy atom. The fourth-order valence-electron chi connectivity index (χ4n) is 4.04. The van der Waals surface area contributed by atoms with Crippen LogP contribution in [0.4, 0.5) is 13.2 Å². The number of nitrogens with zero attached hydrogens (tertiary/aromatic N) is 2. The number of carbonyl (C=O) groups is 1. The number of alkyl halides is 3. The summed E-state index contributed by atoms with van der Waals surface area (Å²) in [6.07, 6.45) is 0.848. The van der Waals surface area contributed by atoms with Crippen LogP contribution in [0.25, 0.3) is 0 Å². The summed E-state index contributed by atoms with van der Waals surface area (Å²) in [5, 5.41) is 10.3. The molecule has 0 aromatic carbocycles. The summed E-state index contributed by atoms with van der Waals surface area (Å²) in [6.45, 7) is 0.429. The summed E-state index contributed by atoms with van der Waals surface area (Å²) in [5.74, 6) is -0.674. The van der Waals surface area contributed by atoms with Crippen molar-refractivity contribution in [1.82, 2.24) is 9.88 Å². The van der Waals surface area contributed by atoms with Crippen molar-refractivity contribution in [2.75, 3.05) is 6.54 Å². The number of likely N-dealkylation sites (tertiary alicyclic amines) is 1.